The minimum atomic E-state index is -0.772. The Morgan fingerprint density at radius 1 is 1.04 bits per heavy atom. The standard InChI is InChI=1S/C19H28N2O4S/c1-19(2,14-17(23)24)9-12-26-13-11-20-16(22)8-10-21-18(25)15-6-4-3-5-7-15/h3-7H,8-14H2,1-2H3,(H,20,22)(H,21,25)(H,23,24). The molecule has 0 aliphatic carbocycles. The smallest absolute Gasteiger partial charge is 0.303 e. The Hall–Kier alpha value is -2.02. The van der Waals surface area contributed by atoms with Gasteiger partial charge in [-0.15, -0.1) is 0 Å². The number of benzene rings is 1. The van der Waals surface area contributed by atoms with Gasteiger partial charge < -0.3 is 15.7 Å². The minimum absolute atomic E-state index is 0.0924. The van der Waals surface area contributed by atoms with E-state index in [9.17, 15) is 14.4 Å². The fourth-order valence-electron chi connectivity index (χ4n) is 2.28. The van der Waals surface area contributed by atoms with Crippen molar-refractivity contribution in [3.05, 3.63) is 35.9 Å². The summed E-state index contributed by atoms with van der Waals surface area (Å²) in [6, 6.07) is 8.88. The lowest BCUT2D eigenvalue weighted by atomic mass is 9.87. The highest BCUT2D eigenvalue weighted by Gasteiger charge is 2.21. The predicted molar refractivity (Wildman–Crippen MR) is 104 cm³/mol. The van der Waals surface area contributed by atoms with Gasteiger partial charge in [-0.25, -0.2) is 0 Å². The second-order valence-electron chi connectivity index (χ2n) is 6.82. The van der Waals surface area contributed by atoms with Gasteiger partial charge in [0.15, 0.2) is 0 Å². The average molecular weight is 381 g/mol. The normalized spacial score (nSPS) is 11.0. The Bertz CT molecular complexity index is 590. The maximum Gasteiger partial charge on any atom is 0.303 e. The van der Waals surface area contributed by atoms with Crippen molar-refractivity contribution in [2.75, 3.05) is 24.6 Å². The Labute approximate surface area is 159 Å². The van der Waals surface area contributed by atoms with Crippen molar-refractivity contribution < 1.29 is 19.5 Å². The molecule has 2 amide bonds. The molecule has 0 bridgehead atoms. The molecule has 0 saturated carbocycles. The summed E-state index contributed by atoms with van der Waals surface area (Å²) in [5, 5.41) is 14.4. The molecule has 0 aliphatic heterocycles. The number of nitrogens with one attached hydrogen (secondary N) is 2. The van der Waals surface area contributed by atoms with Crippen LogP contribution in [0.3, 0.4) is 0 Å². The van der Waals surface area contributed by atoms with Gasteiger partial charge in [-0.2, -0.15) is 11.8 Å². The van der Waals surface area contributed by atoms with Crippen LogP contribution in [-0.4, -0.2) is 47.5 Å². The fourth-order valence-corrected chi connectivity index (χ4v) is 3.43. The number of thioether (sulfide) groups is 1. The molecule has 0 unspecified atom stereocenters. The molecule has 0 spiro atoms. The van der Waals surface area contributed by atoms with E-state index in [-0.39, 0.29) is 30.1 Å². The van der Waals surface area contributed by atoms with Gasteiger partial charge in [0, 0.05) is 30.8 Å². The number of hydrogen-bond acceptors (Lipinski definition) is 4. The van der Waals surface area contributed by atoms with Crippen molar-refractivity contribution in [3.63, 3.8) is 0 Å². The van der Waals surface area contributed by atoms with Crippen LogP contribution >= 0.6 is 11.8 Å². The largest absolute Gasteiger partial charge is 0.481 e. The van der Waals surface area contributed by atoms with Gasteiger partial charge in [0.25, 0.3) is 5.91 Å². The molecule has 6 nitrogen and oxygen atoms in total. The second kappa shape index (κ2) is 11.6. The number of hydrogen-bond donors (Lipinski definition) is 3. The van der Waals surface area contributed by atoms with E-state index in [1.165, 1.54) is 0 Å². The van der Waals surface area contributed by atoms with Crippen LogP contribution in [-0.2, 0) is 9.59 Å². The van der Waals surface area contributed by atoms with E-state index in [0.29, 0.717) is 18.7 Å². The van der Waals surface area contributed by atoms with Gasteiger partial charge in [0.2, 0.25) is 5.91 Å². The quantitative estimate of drug-likeness (QED) is 0.484. The molecule has 0 atom stereocenters. The highest BCUT2D eigenvalue weighted by Crippen LogP contribution is 2.26. The zero-order chi connectivity index (χ0) is 19.4. The van der Waals surface area contributed by atoms with Crippen LogP contribution in [0.2, 0.25) is 0 Å². The van der Waals surface area contributed by atoms with E-state index < -0.39 is 5.97 Å². The first-order valence-corrected chi connectivity index (χ1v) is 9.85. The first-order valence-electron chi connectivity index (χ1n) is 8.70. The Morgan fingerprint density at radius 2 is 1.73 bits per heavy atom. The van der Waals surface area contributed by atoms with Crippen LogP contribution in [0.25, 0.3) is 0 Å². The van der Waals surface area contributed by atoms with Crippen molar-refractivity contribution in [3.8, 4) is 0 Å². The van der Waals surface area contributed by atoms with Gasteiger partial charge in [0.05, 0.1) is 6.42 Å². The zero-order valence-electron chi connectivity index (χ0n) is 15.4. The van der Waals surface area contributed by atoms with Gasteiger partial charge in [-0.05, 0) is 29.7 Å². The van der Waals surface area contributed by atoms with Crippen LogP contribution in [0.4, 0.5) is 0 Å². The van der Waals surface area contributed by atoms with E-state index in [0.717, 1.165) is 17.9 Å². The zero-order valence-corrected chi connectivity index (χ0v) is 16.2. The summed E-state index contributed by atoms with van der Waals surface area (Å²) in [7, 11) is 0. The Morgan fingerprint density at radius 3 is 2.38 bits per heavy atom. The number of carbonyl (C=O) groups is 3. The molecule has 3 N–H and O–H groups in total. The number of rotatable bonds is 12. The average Bonchev–Trinajstić information content (AvgIpc) is 2.57. The van der Waals surface area contributed by atoms with Gasteiger partial charge in [-0.1, -0.05) is 32.0 Å². The molecule has 0 aliphatic rings. The number of amides is 2. The molecule has 1 aromatic rings. The fraction of sp³-hybridized carbons (Fsp3) is 0.526. The van der Waals surface area contributed by atoms with E-state index >= 15 is 0 Å². The van der Waals surface area contributed by atoms with E-state index in [1.807, 2.05) is 19.9 Å². The molecule has 0 aromatic heterocycles. The topological polar surface area (TPSA) is 95.5 Å². The maximum atomic E-state index is 11.8. The van der Waals surface area contributed by atoms with Crippen molar-refractivity contribution in [2.45, 2.75) is 33.1 Å². The monoisotopic (exact) mass is 380 g/mol. The van der Waals surface area contributed by atoms with Crippen molar-refractivity contribution >= 4 is 29.5 Å². The molecule has 1 aromatic carbocycles. The summed E-state index contributed by atoms with van der Waals surface area (Å²) >= 11 is 1.70. The predicted octanol–water partition coefficient (Wildman–Crippen LogP) is 2.55. The second-order valence-corrected chi connectivity index (χ2v) is 8.04. The molecule has 144 valence electrons. The van der Waals surface area contributed by atoms with Crippen LogP contribution in [0.5, 0.6) is 0 Å². The lowest BCUT2D eigenvalue weighted by Crippen LogP contribution is -2.31. The lowest BCUT2D eigenvalue weighted by Gasteiger charge is -2.21. The lowest BCUT2D eigenvalue weighted by molar-refractivity contribution is -0.139. The molecule has 0 fully saturated rings. The molecule has 7 heteroatoms. The molecule has 1 rings (SSSR count). The first kappa shape index (κ1) is 22.0. The number of carboxylic acids is 1. The van der Waals surface area contributed by atoms with E-state index in [2.05, 4.69) is 10.6 Å². The van der Waals surface area contributed by atoms with Crippen LogP contribution in [0.1, 0.15) is 43.5 Å². The van der Waals surface area contributed by atoms with Gasteiger partial charge >= 0.3 is 5.97 Å². The SMILES string of the molecule is CC(C)(CCSCCNC(=O)CCNC(=O)c1ccccc1)CC(=O)O. The number of carboxylic acid groups (broad SMARTS) is 1. The van der Waals surface area contributed by atoms with Gasteiger partial charge in [0.1, 0.15) is 0 Å². The third-order valence-electron chi connectivity index (χ3n) is 3.80. The molecule has 26 heavy (non-hydrogen) atoms. The van der Waals surface area contributed by atoms with Crippen LogP contribution in [0, 0.1) is 5.41 Å². The maximum absolute atomic E-state index is 11.8. The van der Waals surface area contributed by atoms with Crippen molar-refractivity contribution in [2.24, 2.45) is 5.41 Å². The molecule has 0 radical (unpaired) electrons. The molecular formula is C19H28N2O4S. The summed E-state index contributed by atoms with van der Waals surface area (Å²) in [5.41, 5.74) is 0.370. The molecule has 0 heterocycles. The summed E-state index contributed by atoms with van der Waals surface area (Å²) in [6.45, 7) is 4.77. The van der Waals surface area contributed by atoms with Crippen molar-refractivity contribution in [1.82, 2.24) is 10.6 Å². The van der Waals surface area contributed by atoms with Crippen molar-refractivity contribution in [1.29, 1.82) is 0 Å². The van der Waals surface area contributed by atoms with Crippen LogP contribution < -0.4 is 10.6 Å². The summed E-state index contributed by atoms with van der Waals surface area (Å²) < 4.78 is 0. The summed E-state index contributed by atoms with van der Waals surface area (Å²) in [6.07, 6.45) is 1.23. The number of carbonyl (C=O) groups excluding carboxylic acids is 2. The van der Waals surface area contributed by atoms with E-state index in [4.69, 9.17) is 5.11 Å². The Kier molecular flexibility index (Phi) is 9.80. The minimum Gasteiger partial charge on any atom is -0.481 e. The van der Waals surface area contributed by atoms with E-state index in [1.54, 1.807) is 36.0 Å². The third kappa shape index (κ3) is 10.1. The summed E-state index contributed by atoms with van der Waals surface area (Å²) in [4.78, 5) is 34.3. The van der Waals surface area contributed by atoms with Gasteiger partial charge in [-0.3, -0.25) is 14.4 Å². The first-order chi connectivity index (χ1) is 12.3. The van der Waals surface area contributed by atoms with Crippen LogP contribution in [0.15, 0.2) is 30.3 Å². The third-order valence-corrected chi connectivity index (χ3v) is 4.78. The number of aliphatic carboxylic acids is 1. The highest BCUT2D eigenvalue weighted by atomic mass is 32.2. The Balaban J connectivity index is 2.05. The molecule has 0 saturated heterocycles. The highest BCUT2D eigenvalue weighted by molar-refractivity contribution is 7.99. The summed E-state index contributed by atoms with van der Waals surface area (Å²) in [5.74, 6) is 0.601. The molecular weight excluding hydrogens is 352 g/mol.